The van der Waals surface area contributed by atoms with E-state index in [9.17, 15) is 10.1 Å². The molecular formula is C26H27Cl2N5OS2. The van der Waals surface area contributed by atoms with Crippen molar-refractivity contribution in [2.45, 2.75) is 74.3 Å². The summed E-state index contributed by atoms with van der Waals surface area (Å²) in [5, 5.41) is 21.2. The van der Waals surface area contributed by atoms with E-state index in [-0.39, 0.29) is 22.6 Å². The Morgan fingerprint density at radius 2 is 1.94 bits per heavy atom. The summed E-state index contributed by atoms with van der Waals surface area (Å²) < 4.78 is 0.884. The number of nitrogens with zero attached hydrogens (tertiary/aromatic N) is 4. The third-order valence-electron chi connectivity index (χ3n) is 7.06. The number of hydrogen-bond donors (Lipinski definition) is 1. The molecular weight excluding hydrogens is 533 g/mol. The highest BCUT2D eigenvalue weighted by Gasteiger charge is 2.46. The predicted molar refractivity (Wildman–Crippen MR) is 146 cm³/mol. The SMILES string of the molecule is CC1(C)CC(=O)C2=C(C1)N(c1nnc(SC3CCCCC3)s1)C(N)=C(C#N)C2c1ccc(Cl)cc1Cl. The first-order chi connectivity index (χ1) is 17.2. The molecule has 1 atom stereocenters. The highest BCUT2D eigenvalue weighted by molar-refractivity contribution is 8.01. The molecule has 0 saturated heterocycles. The van der Waals surface area contributed by atoms with Crippen LogP contribution in [-0.2, 0) is 4.79 Å². The van der Waals surface area contributed by atoms with Gasteiger partial charge >= 0.3 is 0 Å². The average molecular weight is 561 g/mol. The molecule has 0 bridgehead atoms. The Kier molecular flexibility index (Phi) is 7.12. The van der Waals surface area contributed by atoms with Gasteiger partial charge in [0.25, 0.3) is 0 Å². The largest absolute Gasteiger partial charge is 0.384 e. The van der Waals surface area contributed by atoms with Crippen LogP contribution in [0.2, 0.25) is 10.0 Å². The van der Waals surface area contributed by atoms with Crippen LogP contribution in [0, 0.1) is 16.7 Å². The fourth-order valence-corrected chi connectivity index (χ4v) is 8.34. The number of benzene rings is 1. The van der Waals surface area contributed by atoms with Crippen molar-refractivity contribution in [2.75, 3.05) is 4.90 Å². The molecule has 0 radical (unpaired) electrons. The van der Waals surface area contributed by atoms with E-state index >= 15 is 0 Å². The molecule has 36 heavy (non-hydrogen) atoms. The van der Waals surface area contributed by atoms with E-state index in [1.807, 2.05) is 0 Å². The Morgan fingerprint density at radius 1 is 1.19 bits per heavy atom. The van der Waals surface area contributed by atoms with Crippen molar-refractivity contribution in [1.82, 2.24) is 10.2 Å². The monoisotopic (exact) mass is 559 g/mol. The van der Waals surface area contributed by atoms with Gasteiger partial charge < -0.3 is 5.73 Å². The number of halogens is 2. The van der Waals surface area contributed by atoms with Gasteiger partial charge in [0.1, 0.15) is 5.82 Å². The quantitative estimate of drug-likeness (QED) is 0.422. The van der Waals surface area contributed by atoms with Crippen LogP contribution >= 0.6 is 46.3 Å². The maximum Gasteiger partial charge on any atom is 0.219 e. The number of carbonyl (C=O) groups excluding carboxylic acids is 1. The molecule has 0 amide bonds. The Bertz CT molecular complexity index is 1320. The molecule has 1 aromatic carbocycles. The van der Waals surface area contributed by atoms with Gasteiger partial charge in [0.05, 0.1) is 17.6 Å². The number of aromatic nitrogens is 2. The lowest BCUT2D eigenvalue weighted by Gasteiger charge is -2.42. The predicted octanol–water partition coefficient (Wildman–Crippen LogP) is 7.21. The first kappa shape index (κ1) is 25.6. The number of allylic oxidation sites excluding steroid dienone is 3. The molecule has 2 aromatic rings. The third kappa shape index (κ3) is 4.79. The molecule has 1 aliphatic heterocycles. The zero-order chi connectivity index (χ0) is 25.6. The lowest BCUT2D eigenvalue weighted by Crippen LogP contribution is -2.42. The summed E-state index contributed by atoms with van der Waals surface area (Å²) in [4.78, 5) is 15.4. The number of hydrogen-bond acceptors (Lipinski definition) is 8. The summed E-state index contributed by atoms with van der Waals surface area (Å²) in [5.41, 5.74) is 8.70. The molecule has 2 aliphatic carbocycles. The molecule has 188 valence electrons. The fourth-order valence-electron chi connectivity index (χ4n) is 5.44. The molecule has 5 rings (SSSR count). The Labute approximate surface area is 229 Å². The number of anilines is 1. The van der Waals surface area contributed by atoms with E-state index in [1.165, 1.54) is 43.4 Å². The van der Waals surface area contributed by atoms with Gasteiger partial charge in [0.15, 0.2) is 10.1 Å². The molecule has 10 heteroatoms. The van der Waals surface area contributed by atoms with Crippen LogP contribution in [-0.4, -0.2) is 21.2 Å². The average Bonchev–Trinajstić information content (AvgIpc) is 3.26. The molecule has 1 unspecified atom stereocenters. The Morgan fingerprint density at radius 3 is 2.64 bits per heavy atom. The van der Waals surface area contributed by atoms with Crippen LogP contribution in [0.5, 0.6) is 0 Å². The number of nitrogens with two attached hydrogens (primary N) is 1. The summed E-state index contributed by atoms with van der Waals surface area (Å²) in [6.45, 7) is 4.14. The standard InChI is InChI=1S/C26H27Cl2N5OS2/c1-26(2)11-19-22(20(34)12-26)21(16-9-8-14(27)10-18(16)28)17(13-29)23(30)33(19)24-31-32-25(36-24)35-15-6-4-3-5-7-15/h8-10,15,21H,3-7,11-12,30H2,1-2H3. The first-order valence-electron chi connectivity index (χ1n) is 12.1. The van der Waals surface area contributed by atoms with Crippen molar-refractivity contribution < 1.29 is 4.79 Å². The lowest BCUT2D eigenvalue weighted by molar-refractivity contribution is -0.118. The summed E-state index contributed by atoms with van der Waals surface area (Å²) in [6, 6.07) is 7.40. The van der Waals surface area contributed by atoms with Crippen LogP contribution in [0.25, 0.3) is 0 Å². The van der Waals surface area contributed by atoms with Crippen molar-refractivity contribution in [3.05, 3.63) is 56.5 Å². The number of Topliss-reactive ketones (excluding diaryl/α,β-unsaturated/α-hetero) is 1. The third-order valence-corrected chi connectivity index (χ3v) is 9.95. The number of nitriles is 1. The maximum atomic E-state index is 13.7. The smallest absolute Gasteiger partial charge is 0.219 e. The zero-order valence-electron chi connectivity index (χ0n) is 20.2. The highest BCUT2D eigenvalue weighted by atomic mass is 35.5. The van der Waals surface area contributed by atoms with E-state index in [0.29, 0.717) is 44.4 Å². The van der Waals surface area contributed by atoms with Gasteiger partial charge in [0, 0.05) is 33.0 Å². The van der Waals surface area contributed by atoms with E-state index < -0.39 is 5.92 Å². The topological polar surface area (TPSA) is 95.9 Å². The van der Waals surface area contributed by atoms with E-state index in [0.717, 1.165) is 10.0 Å². The van der Waals surface area contributed by atoms with Gasteiger partial charge in [0.2, 0.25) is 5.13 Å². The van der Waals surface area contributed by atoms with Gasteiger partial charge in [-0.2, -0.15) is 5.26 Å². The minimum atomic E-state index is -0.654. The summed E-state index contributed by atoms with van der Waals surface area (Å²) in [6.07, 6.45) is 7.15. The molecule has 3 aliphatic rings. The van der Waals surface area contributed by atoms with Crippen molar-refractivity contribution in [3.63, 3.8) is 0 Å². The van der Waals surface area contributed by atoms with Crippen molar-refractivity contribution in [2.24, 2.45) is 11.1 Å². The number of thioether (sulfide) groups is 1. The molecule has 1 saturated carbocycles. The first-order valence-corrected chi connectivity index (χ1v) is 14.5. The van der Waals surface area contributed by atoms with Crippen LogP contribution in [0.4, 0.5) is 5.13 Å². The molecule has 6 nitrogen and oxygen atoms in total. The van der Waals surface area contributed by atoms with Crippen molar-refractivity contribution in [1.29, 1.82) is 5.26 Å². The zero-order valence-corrected chi connectivity index (χ0v) is 23.3. The van der Waals surface area contributed by atoms with Crippen LogP contribution in [0.15, 0.2) is 45.2 Å². The number of ketones is 1. The minimum Gasteiger partial charge on any atom is -0.384 e. The van der Waals surface area contributed by atoms with Crippen LogP contribution in [0.3, 0.4) is 0 Å². The van der Waals surface area contributed by atoms with Crippen molar-refractivity contribution in [3.8, 4) is 6.07 Å². The van der Waals surface area contributed by atoms with E-state index in [2.05, 4.69) is 30.1 Å². The second-order valence-electron chi connectivity index (χ2n) is 10.4. The molecule has 1 aromatic heterocycles. The lowest BCUT2D eigenvalue weighted by atomic mass is 9.68. The van der Waals surface area contributed by atoms with Gasteiger partial charge in [-0.05, 0) is 42.4 Å². The molecule has 1 fully saturated rings. The van der Waals surface area contributed by atoms with Crippen LogP contribution < -0.4 is 10.6 Å². The Balaban J connectivity index is 1.62. The minimum absolute atomic E-state index is 0.0103. The van der Waals surface area contributed by atoms with Crippen LogP contribution in [0.1, 0.15) is 70.3 Å². The molecule has 2 heterocycles. The van der Waals surface area contributed by atoms with E-state index in [4.69, 9.17) is 28.9 Å². The number of rotatable bonds is 4. The Hall–Kier alpha value is -2.05. The normalized spacial score (nSPS) is 22.6. The summed E-state index contributed by atoms with van der Waals surface area (Å²) in [7, 11) is 0. The summed E-state index contributed by atoms with van der Waals surface area (Å²) >= 11 is 16.0. The molecule has 0 spiro atoms. The molecule has 2 N–H and O–H groups in total. The second-order valence-corrected chi connectivity index (χ2v) is 13.7. The van der Waals surface area contributed by atoms with Crippen molar-refractivity contribution >= 4 is 57.2 Å². The van der Waals surface area contributed by atoms with Gasteiger partial charge in [-0.1, -0.05) is 85.5 Å². The fraction of sp³-hybridized carbons (Fsp3) is 0.462. The van der Waals surface area contributed by atoms with Gasteiger partial charge in [-0.25, -0.2) is 0 Å². The highest BCUT2D eigenvalue weighted by Crippen LogP contribution is 2.52. The second kappa shape index (κ2) is 10.0. The summed E-state index contributed by atoms with van der Waals surface area (Å²) in [5.74, 6) is -0.398. The van der Waals surface area contributed by atoms with Gasteiger partial charge in [-0.15, -0.1) is 10.2 Å². The number of carbonyl (C=O) groups is 1. The van der Waals surface area contributed by atoms with Gasteiger partial charge in [-0.3, -0.25) is 9.69 Å². The van der Waals surface area contributed by atoms with E-state index in [1.54, 1.807) is 34.9 Å². The maximum absolute atomic E-state index is 13.7.